The van der Waals surface area contributed by atoms with Gasteiger partial charge in [0, 0.05) is 0 Å². The van der Waals surface area contributed by atoms with Gasteiger partial charge >= 0.3 is 0 Å². The van der Waals surface area contributed by atoms with E-state index in [0.717, 1.165) is 45.1 Å². The first-order chi connectivity index (χ1) is 8.17. The lowest BCUT2D eigenvalue weighted by Gasteiger charge is -2.34. The Morgan fingerprint density at radius 1 is 1.41 bits per heavy atom. The molecule has 2 aliphatic rings. The topological polar surface area (TPSA) is 61.4 Å². The minimum atomic E-state index is -0.337. The highest BCUT2D eigenvalue weighted by Crippen LogP contribution is 2.29. The molecule has 0 radical (unpaired) electrons. The minimum Gasteiger partial charge on any atom is -0.394 e. The molecule has 0 spiro atoms. The Bertz CT molecular complexity index is 275. The molecule has 1 aliphatic carbocycles. The van der Waals surface area contributed by atoms with Gasteiger partial charge in [-0.2, -0.15) is 0 Å². The monoisotopic (exact) mass is 240 g/mol. The van der Waals surface area contributed by atoms with Crippen molar-refractivity contribution in [3.63, 3.8) is 0 Å². The third-order valence-electron chi connectivity index (χ3n) is 4.30. The van der Waals surface area contributed by atoms with Crippen molar-refractivity contribution in [1.82, 2.24) is 10.6 Å². The van der Waals surface area contributed by atoms with Crippen molar-refractivity contribution in [3.05, 3.63) is 0 Å². The number of aliphatic hydroxyl groups excluding tert-OH is 1. The van der Waals surface area contributed by atoms with Crippen LogP contribution < -0.4 is 10.6 Å². The van der Waals surface area contributed by atoms with Crippen LogP contribution in [0.3, 0.4) is 0 Å². The van der Waals surface area contributed by atoms with Crippen molar-refractivity contribution < 1.29 is 9.90 Å². The Kier molecular flexibility index (Phi) is 4.05. The maximum Gasteiger partial charge on any atom is 0.237 e. The molecule has 2 atom stereocenters. The number of carbonyl (C=O) groups excluding carboxylic acids is 1. The molecule has 1 amide bonds. The molecular weight excluding hydrogens is 216 g/mol. The van der Waals surface area contributed by atoms with E-state index in [1.165, 1.54) is 0 Å². The molecule has 3 N–H and O–H groups in total. The van der Waals surface area contributed by atoms with Crippen LogP contribution in [-0.4, -0.2) is 35.7 Å². The van der Waals surface area contributed by atoms with E-state index in [9.17, 15) is 9.90 Å². The summed E-state index contributed by atoms with van der Waals surface area (Å²) in [5, 5.41) is 15.9. The molecule has 0 bridgehead atoms. The van der Waals surface area contributed by atoms with E-state index >= 15 is 0 Å². The molecular formula is C13H24N2O2. The molecule has 4 nitrogen and oxygen atoms in total. The van der Waals surface area contributed by atoms with Gasteiger partial charge in [0.25, 0.3) is 0 Å². The highest BCUT2D eigenvalue weighted by atomic mass is 16.3. The lowest BCUT2D eigenvalue weighted by molar-refractivity contribution is -0.127. The SMILES string of the molecule is CC1CCCNC1C(=O)NC1(CO)CCCC1. The van der Waals surface area contributed by atoms with Gasteiger partial charge in [0.05, 0.1) is 18.2 Å². The normalized spacial score (nSPS) is 32.4. The summed E-state index contributed by atoms with van der Waals surface area (Å²) in [6.07, 6.45) is 6.29. The van der Waals surface area contributed by atoms with Crippen LogP contribution in [0.5, 0.6) is 0 Å². The molecule has 2 fully saturated rings. The standard InChI is InChI=1S/C13H24N2O2/c1-10-5-4-8-14-11(10)12(17)15-13(9-16)6-2-3-7-13/h10-11,14,16H,2-9H2,1H3,(H,15,17). The number of piperidine rings is 1. The molecule has 0 aromatic carbocycles. The molecule has 0 aromatic heterocycles. The van der Waals surface area contributed by atoms with Gasteiger partial charge in [0.15, 0.2) is 0 Å². The highest BCUT2D eigenvalue weighted by Gasteiger charge is 2.37. The zero-order chi connectivity index (χ0) is 12.3. The molecule has 0 aromatic rings. The Hall–Kier alpha value is -0.610. The summed E-state index contributed by atoms with van der Waals surface area (Å²) in [7, 11) is 0. The van der Waals surface area contributed by atoms with E-state index in [4.69, 9.17) is 0 Å². The fourth-order valence-corrected chi connectivity index (χ4v) is 3.11. The first-order valence-corrected chi connectivity index (χ1v) is 6.83. The van der Waals surface area contributed by atoms with Crippen molar-refractivity contribution in [3.8, 4) is 0 Å². The average molecular weight is 240 g/mol. The maximum atomic E-state index is 12.2. The van der Waals surface area contributed by atoms with Crippen LogP contribution in [-0.2, 0) is 4.79 Å². The van der Waals surface area contributed by atoms with Crippen LogP contribution >= 0.6 is 0 Å². The number of nitrogens with one attached hydrogen (secondary N) is 2. The zero-order valence-corrected chi connectivity index (χ0v) is 10.7. The second kappa shape index (κ2) is 5.36. The second-order valence-electron chi connectivity index (χ2n) is 5.69. The Balaban J connectivity index is 1.95. The molecule has 2 unspecified atom stereocenters. The summed E-state index contributed by atoms with van der Waals surface area (Å²) in [4.78, 5) is 12.2. The summed E-state index contributed by atoms with van der Waals surface area (Å²) in [6, 6.07) is -0.0761. The van der Waals surface area contributed by atoms with Gasteiger partial charge < -0.3 is 15.7 Å². The Morgan fingerprint density at radius 2 is 2.12 bits per heavy atom. The van der Waals surface area contributed by atoms with Gasteiger partial charge in [-0.05, 0) is 38.1 Å². The second-order valence-corrected chi connectivity index (χ2v) is 5.69. The quantitative estimate of drug-likeness (QED) is 0.683. The van der Waals surface area contributed by atoms with Crippen LogP contribution in [0.1, 0.15) is 45.4 Å². The van der Waals surface area contributed by atoms with Crippen LogP contribution in [0.25, 0.3) is 0 Å². The molecule has 1 saturated heterocycles. The van der Waals surface area contributed by atoms with Crippen molar-refractivity contribution in [2.45, 2.75) is 57.0 Å². The van der Waals surface area contributed by atoms with E-state index in [-0.39, 0.29) is 24.1 Å². The van der Waals surface area contributed by atoms with Crippen molar-refractivity contribution in [2.75, 3.05) is 13.2 Å². The summed E-state index contributed by atoms with van der Waals surface area (Å²) in [6.45, 7) is 3.12. The van der Waals surface area contributed by atoms with Gasteiger partial charge in [-0.15, -0.1) is 0 Å². The number of amides is 1. The minimum absolute atomic E-state index is 0.0693. The van der Waals surface area contributed by atoms with Crippen molar-refractivity contribution in [1.29, 1.82) is 0 Å². The zero-order valence-electron chi connectivity index (χ0n) is 10.7. The fourth-order valence-electron chi connectivity index (χ4n) is 3.11. The average Bonchev–Trinajstić information content (AvgIpc) is 2.79. The van der Waals surface area contributed by atoms with E-state index in [1.807, 2.05) is 0 Å². The van der Waals surface area contributed by atoms with Gasteiger partial charge in [0.2, 0.25) is 5.91 Å². The molecule has 1 saturated carbocycles. The summed E-state index contributed by atoms with van der Waals surface area (Å²) < 4.78 is 0. The van der Waals surface area contributed by atoms with Crippen LogP contribution in [0.2, 0.25) is 0 Å². The lowest BCUT2D eigenvalue weighted by atomic mass is 9.90. The van der Waals surface area contributed by atoms with Gasteiger partial charge in [-0.25, -0.2) is 0 Å². The van der Waals surface area contributed by atoms with Gasteiger partial charge in [-0.1, -0.05) is 19.8 Å². The Labute approximate surface area is 103 Å². The Morgan fingerprint density at radius 3 is 2.71 bits per heavy atom. The first-order valence-electron chi connectivity index (χ1n) is 6.83. The number of hydrogen-bond acceptors (Lipinski definition) is 3. The number of aliphatic hydroxyl groups is 1. The third-order valence-corrected chi connectivity index (χ3v) is 4.30. The predicted molar refractivity (Wildman–Crippen MR) is 66.6 cm³/mol. The molecule has 2 rings (SSSR count). The number of hydrogen-bond donors (Lipinski definition) is 3. The molecule has 1 heterocycles. The largest absolute Gasteiger partial charge is 0.394 e. The van der Waals surface area contributed by atoms with Crippen LogP contribution in [0, 0.1) is 5.92 Å². The maximum absolute atomic E-state index is 12.2. The van der Waals surface area contributed by atoms with E-state index in [0.29, 0.717) is 5.92 Å². The smallest absolute Gasteiger partial charge is 0.237 e. The highest BCUT2D eigenvalue weighted by molar-refractivity contribution is 5.83. The van der Waals surface area contributed by atoms with Crippen molar-refractivity contribution >= 4 is 5.91 Å². The fraction of sp³-hybridized carbons (Fsp3) is 0.923. The van der Waals surface area contributed by atoms with Crippen LogP contribution in [0.4, 0.5) is 0 Å². The van der Waals surface area contributed by atoms with Gasteiger partial charge in [0.1, 0.15) is 0 Å². The van der Waals surface area contributed by atoms with E-state index in [2.05, 4.69) is 17.6 Å². The molecule has 17 heavy (non-hydrogen) atoms. The number of rotatable bonds is 3. The van der Waals surface area contributed by atoms with Gasteiger partial charge in [-0.3, -0.25) is 4.79 Å². The lowest BCUT2D eigenvalue weighted by Crippen LogP contribution is -2.58. The molecule has 98 valence electrons. The van der Waals surface area contributed by atoms with E-state index < -0.39 is 0 Å². The summed E-state index contributed by atoms with van der Waals surface area (Å²) in [5.74, 6) is 0.467. The summed E-state index contributed by atoms with van der Waals surface area (Å²) >= 11 is 0. The number of carbonyl (C=O) groups is 1. The summed E-state index contributed by atoms with van der Waals surface area (Å²) in [5.41, 5.74) is -0.337. The van der Waals surface area contributed by atoms with E-state index in [1.54, 1.807) is 0 Å². The molecule has 4 heteroatoms. The predicted octanol–water partition coefficient (Wildman–Crippen LogP) is 0.796. The first kappa shape index (κ1) is 12.8. The molecule has 1 aliphatic heterocycles. The van der Waals surface area contributed by atoms with Crippen LogP contribution in [0.15, 0.2) is 0 Å². The third kappa shape index (κ3) is 2.80. The van der Waals surface area contributed by atoms with Crippen molar-refractivity contribution in [2.24, 2.45) is 5.92 Å².